The van der Waals surface area contributed by atoms with Crippen molar-refractivity contribution in [2.75, 3.05) is 31.3 Å². The number of carbonyl (C=O) groups excluding carboxylic acids is 2. The van der Waals surface area contributed by atoms with Crippen LogP contribution >= 0.6 is 0 Å². The molecular formula is C18H22N4O2. The number of benzene rings is 1. The van der Waals surface area contributed by atoms with Crippen LogP contribution in [0.4, 0.5) is 11.4 Å². The van der Waals surface area contributed by atoms with E-state index in [1.54, 1.807) is 41.4 Å². The molecule has 0 atom stereocenters. The van der Waals surface area contributed by atoms with Crippen molar-refractivity contribution in [3.63, 3.8) is 0 Å². The van der Waals surface area contributed by atoms with Gasteiger partial charge in [0.25, 0.3) is 5.91 Å². The molecule has 1 aromatic heterocycles. The summed E-state index contributed by atoms with van der Waals surface area (Å²) in [5, 5.41) is 5.63. The monoisotopic (exact) mass is 326 g/mol. The summed E-state index contributed by atoms with van der Waals surface area (Å²) < 4.78 is 0. The predicted molar refractivity (Wildman–Crippen MR) is 95.3 cm³/mol. The molecular weight excluding hydrogens is 304 g/mol. The summed E-state index contributed by atoms with van der Waals surface area (Å²) in [7, 11) is 3.64. The van der Waals surface area contributed by atoms with Gasteiger partial charge in [0, 0.05) is 11.9 Å². The molecule has 2 aromatic rings. The third-order valence-electron chi connectivity index (χ3n) is 3.51. The van der Waals surface area contributed by atoms with E-state index in [9.17, 15) is 9.59 Å². The van der Waals surface area contributed by atoms with Crippen molar-refractivity contribution in [1.82, 2.24) is 9.88 Å². The molecule has 0 radical (unpaired) electrons. The fourth-order valence-corrected chi connectivity index (χ4v) is 2.14. The summed E-state index contributed by atoms with van der Waals surface area (Å²) in [5.74, 6) is -0.408. The molecule has 0 spiro atoms. The number of likely N-dealkylation sites (N-methyl/N-ethyl adjacent to an activating group) is 1. The van der Waals surface area contributed by atoms with Crippen molar-refractivity contribution in [3.8, 4) is 0 Å². The van der Waals surface area contributed by atoms with Gasteiger partial charge in [-0.05, 0) is 51.7 Å². The Morgan fingerprint density at radius 2 is 1.71 bits per heavy atom. The fraction of sp³-hybridized carbons (Fsp3) is 0.278. The summed E-state index contributed by atoms with van der Waals surface area (Å²) in [6.07, 6.45) is 1.55. The standard InChI is InChI=1S/C18H22N4O2/c1-12-9-14(10-19-13(12)2)18(24)21-16-8-6-5-7-15(16)20-17(23)11-22(3)4/h5-10H,11H2,1-4H3,(H,20,23)(H,21,24). The molecule has 2 amide bonds. The molecule has 0 saturated heterocycles. The fourth-order valence-electron chi connectivity index (χ4n) is 2.14. The minimum Gasteiger partial charge on any atom is -0.323 e. The Balaban J connectivity index is 2.16. The molecule has 1 aromatic carbocycles. The van der Waals surface area contributed by atoms with Gasteiger partial charge in [-0.2, -0.15) is 0 Å². The molecule has 6 nitrogen and oxygen atoms in total. The maximum Gasteiger partial charge on any atom is 0.257 e. The number of rotatable bonds is 5. The van der Waals surface area contributed by atoms with Crippen LogP contribution in [0.5, 0.6) is 0 Å². The van der Waals surface area contributed by atoms with Crippen LogP contribution in [0.25, 0.3) is 0 Å². The Bertz CT molecular complexity index is 756. The van der Waals surface area contributed by atoms with E-state index in [1.165, 1.54) is 0 Å². The van der Waals surface area contributed by atoms with E-state index < -0.39 is 0 Å². The molecule has 0 aliphatic heterocycles. The van der Waals surface area contributed by atoms with E-state index >= 15 is 0 Å². The summed E-state index contributed by atoms with van der Waals surface area (Å²) in [6.45, 7) is 4.07. The SMILES string of the molecule is Cc1cc(C(=O)Nc2ccccc2NC(=O)CN(C)C)cnc1C. The number of pyridine rings is 1. The molecule has 2 N–H and O–H groups in total. The number of nitrogens with one attached hydrogen (secondary N) is 2. The molecule has 0 saturated carbocycles. The van der Waals surface area contributed by atoms with E-state index in [0.29, 0.717) is 16.9 Å². The molecule has 0 aliphatic carbocycles. The van der Waals surface area contributed by atoms with Gasteiger partial charge >= 0.3 is 0 Å². The first-order valence-corrected chi connectivity index (χ1v) is 7.65. The molecule has 0 aliphatic rings. The zero-order valence-corrected chi connectivity index (χ0v) is 14.4. The zero-order valence-electron chi connectivity index (χ0n) is 14.4. The number of aromatic nitrogens is 1. The Morgan fingerprint density at radius 1 is 1.08 bits per heavy atom. The van der Waals surface area contributed by atoms with Gasteiger partial charge in [-0.3, -0.25) is 14.6 Å². The highest BCUT2D eigenvalue weighted by Crippen LogP contribution is 2.22. The van der Waals surface area contributed by atoms with Crippen molar-refractivity contribution < 1.29 is 9.59 Å². The lowest BCUT2D eigenvalue weighted by Crippen LogP contribution is -2.27. The molecule has 0 fully saturated rings. The van der Waals surface area contributed by atoms with Crippen LogP contribution in [-0.4, -0.2) is 42.3 Å². The number of carbonyl (C=O) groups is 2. The maximum absolute atomic E-state index is 12.4. The molecule has 0 bridgehead atoms. The molecule has 126 valence electrons. The highest BCUT2D eigenvalue weighted by atomic mass is 16.2. The average molecular weight is 326 g/mol. The Hall–Kier alpha value is -2.73. The topological polar surface area (TPSA) is 74.3 Å². The highest BCUT2D eigenvalue weighted by molar-refractivity contribution is 6.07. The van der Waals surface area contributed by atoms with Crippen LogP contribution in [0, 0.1) is 13.8 Å². The smallest absolute Gasteiger partial charge is 0.257 e. The van der Waals surface area contributed by atoms with Crippen LogP contribution in [0.1, 0.15) is 21.6 Å². The quantitative estimate of drug-likeness (QED) is 0.885. The lowest BCUT2D eigenvalue weighted by atomic mass is 10.1. The number of amides is 2. The first kappa shape index (κ1) is 17.6. The molecule has 2 rings (SSSR count). The number of hydrogen-bond acceptors (Lipinski definition) is 4. The van der Waals surface area contributed by atoms with E-state index in [2.05, 4.69) is 15.6 Å². The largest absolute Gasteiger partial charge is 0.323 e. The van der Waals surface area contributed by atoms with Gasteiger partial charge in [-0.15, -0.1) is 0 Å². The predicted octanol–water partition coefficient (Wildman–Crippen LogP) is 2.45. The Labute approximate surface area is 141 Å². The van der Waals surface area contributed by atoms with Gasteiger partial charge in [0.15, 0.2) is 0 Å². The van der Waals surface area contributed by atoms with E-state index in [-0.39, 0.29) is 18.4 Å². The minimum absolute atomic E-state index is 0.144. The van der Waals surface area contributed by atoms with Crippen molar-refractivity contribution >= 4 is 23.2 Å². The second-order valence-electron chi connectivity index (χ2n) is 5.91. The van der Waals surface area contributed by atoms with Crippen LogP contribution in [0.3, 0.4) is 0 Å². The van der Waals surface area contributed by atoms with Gasteiger partial charge in [0.05, 0.1) is 23.5 Å². The lowest BCUT2D eigenvalue weighted by Gasteiger charge is -2.14. The van der Waals surface area contributed by atoms with Crippen LogP contribution < -0.4 is 10.6 Å². The number of anilines is 2. The molecule has 24 heavy (non-hydrogen) atoms. The molecule has 6 heteroatoms. The second-order valence-corrected chi connectivity index (χ2v) is 5.91. The Morgan fingerprint density at radius 3 is 2.29 bits per heavy atom. The van der Waals surface area contributed by atoms with Crippen molar-refractivity contribution in [2.45, 2.75) is 13.8 Å². The van der Waals surface area contributed by atoms with Crippen molar-refractivity contribution in [2.24, 2.45) is 0 Å². The van der Waals surface area contributed by atoms with Crippen LogP contribution in [0.15, 0.2) is 36.5 Å². The minimum atomic E-state index is -0.264. The second kappa shape index (κ2) is 7.70. The van der Waals surface area contributed by atoms with Gasteiger partial charge in [-0.1, -0.05) is 12.1 Å². The number of aryl methyl sites for hydroxylation is 2. The van der Waals surface area contributed by atoms with Crippen LogP contribution in [0.2, 0.25) is 0 Å². The maximum atomic E-state index is 12.4. The number of para-hydroxylation sites is 2. The summed E-state index contributed by atoms with van der Waals surface area (Å²) in [4.78, 5) is 30.3. The van der Waals surface area contributed by atoms with Crippen molar-refractivity contribution in [1.29, 1.82) is 0 Å². The molecule has 0 unspecified atom stereocenters. The van der Waals surface area contributed by atoms with Gasteiger partial charge < -0.3 is 15.5 Å². The average Bonchev–Trinajstić information content (AvgIpc) is 2.51. The van der Waals surface area contributed by atoms with E-state index in [1.807, 2.05) is 27.9 Å². The van der Waals surface area contributed by atoms with Gasteiger partial charge in [0.2, 0.25) is 5.91 Å². The third-order valence-corrected chi connectivity index (χ3v) is 3.51. The lowest BCUT2D eigenvalue weighted by molar-refractivity contribution is -0.116. The highest BCUT2D eigenvalue weighted by Gasteiger charge is 2.12. The zero-order chi connectivity index (χ0) is 17.7. The first-order valence-electron chi connectivity index (χ1n) is 7.65. The number of nitrogens with zero attached hydrogens (tertiary/aromatic N) is 2. The summed E-state index contributed by atoms with van der Waals surface area (Å²) in [5.41, 5.74) is 3.44. The normalized spacial score (nSPS) is 10.5. The van der Waals surface area contributed by atoms with E-state index in [0.717, 1.165) is 11.3 Å². The van der Waals surface area contributed by atoms with E-state index in [4.69, 9.17) is 0 Å². The van der Waals surface area contributed by atoms with Crippen molar-refractivity contribution in [3.05, 3.63) is 53.3 Å². The summed E-state index contributed by atoms with van der Waals surface area (Å²) in [6, 6.07) is 8.90. The number of hydrogen-bond donors (Lipinski definition) is 2. The van der Waals surface area contributed by atoms with Crippen LogP contribution in [-0.2, 0) is 4.79 Å². The summed E-state index contributed by atoms with van der Waals surface area (Å²) >= 11 is 0. The third kappa shape index (κ3) is 4.63. The Kier molecular flexibility index (Phi) is 5.65. The first-order chi connectivity index (χ1) is 11.4. The van der Waals surface area contributed by atoms with Gasteiger partial charge in [0.1, 0.15) is 0 Å². The van der Waals surface area contributed by atoms with Gasteiger partial charge in [-0.25, -0.2) is 0 Å². The molecule has 1 heterocycles.